The van der Waals surface area contributed by atoms with Gasteiger partial charge in [-0.25, -0.2) is 4.79 Å². The minimum absolute atomic E-state index is 0.205. The first-order valence-corrected chi connectivity index (χ1v) is 6.90. The zero-order valence-corrected chi connectivity index (χ0v) is 12.4. The van der Waals surface area contributed by atoms with Gasteiger partial charge < -0.3 is 16.4 Å². The molecule has 0 aliphatic carbocycles. The van der Waals surface area contributed by atoms with Gasteiger partial charge in [0.2, 0.25) is 5.91 Å². The topological polar surface area (TPSA) is 89.4 Å². The molecule has 1 fully saturated rings. The van der Waals surface area contributed by atoms with Crippen LogP contribution in [0.4, 0.5) is 4.79 Å². The van der Waals surface area contributed by atoms with Gasteiger partial charge >= 0.3 is 6.03 Å². The number of benzene rings is 1. The predicted octanol–water partition coefficient (Wildman–Crippen LogP) is 2.09. The monoisotopic (exact) mass is 315 g/mol. The zero-order valence-electron chi connectivity index (χ0n) is 10.9. The summed E-state index contributed by atoms with van der Waals surface area (Å²) in [6, 6.07) is 4.22. The number of likely N-dealkylation sites (tertiary alicyclic amines) is 1. The maximum atomic E-state index is 12.2. The summed E-state index contributed by atoms with van der Waals surface area (Å²) in [6.07, 6.45) is 0.606. The van der Waals surface area contributed by atoms with Crippen LogP contribution in [0.15, 0.2) is 18.2 Å². The van der Waals surface area contributed by atoms with Crippen molar-refractivity contribution >= 4 is 35.1 Å². The van der Waals surface area contributed by atoms with Gasteiger partial charge in [-0.1, -0.05) is 42.3 Å². The van der Waals surface area contributed by atoms with Gasteiger partial charge in [0.15, 0.2) is 5.54 Å². The standard InChI is InChI=1S/C13H15Cl2N3O2/c1-7-5-6-18(12(17)20)13(7,11(16)19)8-3-2-4-9(14)10(8)15/h2-4,7H,5-6H2,1H3,(H2,16,19)(H2,17,20). The number of halogens is 2. The van der Waals surface area contributed by atoms with E-state index in [4.69, 9.17) is 34.7 Å². The summed E-state index contributed by atoms with van der Waals surface area (Å²) in [5.74, 6) is -0.867. The van der Waals surface area contributed by atoms with E-state index in [1.807, 2.05) is 6.92 Å². The number of rotatable bonds is 2. The van der Waals surface area contributed by atoms with Crippen molar-refractivity contribution in [3.63, 3.8) is 0 Å². The summed E-state index contributed by atoms with van der Waals surface area (Å²) < 4.78 is 0. The van der Waals surface area contributed by atoms with Crippen LogP contribution in [0.25, 0.3) is 0 Å². The van der Waals surface area contributed by atoms with E-state index in [1.54, 1.807) is 18.2 Å². The smallest absolute Gasteiger partial charge is 0.315 e. The van der Waals surface area contributed by atoms with Crippen LogP contribution in [0.2, 0.25) is 10.0 Å². The Morgan fingerprint density at radius 3 is 2.55 bits per heavy atom. The second-order valence-electron chi connectivity index (χ2n) is 4.91. The highest BCUT2D eigenvalue weighted by Gasteiger charge is 2.55. The van der Waals surface area contributed by atoms with Gasteiger partial charge in [-0.05, 0) is 18.4 Å². The highest BCUT2D eigenvalue weighted by molar-refractivity contribution is 6.42. The molecular weight excluding hydrogens is 301 g/mol. The van der Waals surface area contributed by atoms with Gasteiger partial charge in [0, 0.05) is 12.1 Å². The molecule has 1 aliphatic heterocycles. The zero-order chi connectivity index (χ0) is 15.1. The Bertz CT molecular complexity index is 579. The first kappa shape index (κ1) is 14.9. The Balaban J connectivity index is 2.74. The highest BCUT2D eigenvalue weighted by atomic mass is 35.5. The van der Waals surface area contributed by atoms with E-state index in [9.17, 15) is 9.59 Å². The van der Waals surface area contributed by atoms with Crippen molar-refractivity contribution in [1.82, 2.24) is 4.90 Å². The molecule has 5 nitrogen and oxygen atoms in total. The quantitative estimate of drug-likeness (QED) is 0.875. The summed E-state index contributed by atoms with van der Waals surface area (Å²) in [5, 5.41) is 0.515. The van der Waals surface area contributed by atoms with Crippen LogP contribution in [0.5, 0.6) is 0 Å². The van der Waals surface area contributed by atoms with E-state index >= 15 is 0 Å². The number of carbonyl (C=O) groups is 2. The molecule has 2 unspecified atom stereocenters. The Morgan fingerprint density at radius 2 is 2.00 bits per heavy atom. The van der Waals surface area contributed by atoms with Crippen molar-refractivity contribution in [2.75, 3.05) is 6.54 Å². The van der Waals surface area contributed by atoms with Gasteiger partial charge in [-0.3, -0.25) is 4.79 Å². The lowest BCUT2D eigenvalue weighted by atomic mass is 9.79. The van der Waals surface area contributed by atoms with E-state index in [0.717, 1.165) is 0 Å². The fourth-order valence-corrected chi connectivity index (χ4v) is 3.42. The maximum Gasteiger partial charge on any atom is 0.315 e. The predicted molar refractivity (Wildman–Crippen MR) is 77.4 cm³/mol. The van der Waals surface area contributed by atoms with E-state index in [1.165, 1.54) is 4.90 Å². The van der Waals surface area contributed by atoms with Crippen LogP contribution in [0, 0.1) is 5.92 Å². The summed E-state index contributed by atoms with van der Waals surface area (Å²) in [6.45, 7) is 2.19. The number of carbonyl (C=O) groups excluding carboxylic acids is 2. The first-order valence-electron chi connectivity index (χ1n) is 6.15. The normalized spacial score (nSPS) is 25.8. The second kappa shape index (κ2) is 5.14. The summed E-state index contributed by atoms with van der Waals surface area (Å²) >= 11 is 12.2. The molecule has 0 radical (unpaired) electrons. The van der Waals surface area contributed by atoms with Crippen molar-refractivity contribution in [1.29, 1.82) is 0 Å². The Labute approximate surface area is 126 Å². The van der Waals surface area contributed by atoms with Crippen LogP contribution >= 0.6 is 23.2 Å². The summed E-state index contributed by atoms with van der Waals surface area (Å²) in [5.41, 5.74) is 10.1. The number of urea groups is 1. The molecule has 0 aromatic heterocycles. The molecule has 20 heavy (non-hydrogen) atoms. The molecule has 2 atom stereocenters. The van der Waals surface area contributed by atoms with E-state index in [2.05, 4.69) is 0 Å². The largest absolute Gasteiger partial charge is 0.367 e. The van der Waals surface area contributed by atoms with E-state index in [0.29, 0.717) is 23.6 Å². The molecule has 1 aliphatic rings. The lowest BCUT2D eigenvalue weighted by molar-refractivity contribution is -0.129. The van der Waals surface area contributed by atoms with Gasteiger partial charge in [0.25, 0.3) is 0 Å². The average Bonchev–Trinajstić information content (AvgIpc) is 2.71. The third-order valence-electron chi connectivity index (χ3n) is 3.93. The number of hydrogen-bond acceptors (Lipinski definition) is 2. The second-order valence-corrected chi connectivity index (χ2v) is 5.70. The van der Waals surface area contributed by atoms with E-state index < -0.39 is 17.5 Å². The fourth-order valence-electron chi connectivity index (χ4n) is 2.98. The molecule has 1 aromatic rings. The number of amides is 3. The average molecular weight is 316 g/mol. The van der Waals surface area contributed by atoms with Crippen LogP contribution in [-0.4, -0.2) is 23.4 Å². The number of nitrogens with zero attached hydrogens (tertiary/aromatic N) is 1. The molecule has 0 saturated carbocycles. The third-order valence-corrected chi connectivity index (χ3v) is 4.75. The number of primary amides is 2. The Hall–Kier alpha value is -1.46. The van der Waals surface area contributed by atoms with Crippen molar-refractivity contribution < 1.29 is 9.59 Å². The maximum absolute atomic E-state index is 12.2. The number of hydrogen-bond donors (Lipinski definition) is 2. The van der Waals surface area contributed by atoms with Crippen LogP contribution in [-0.2, 0) is 10.3 Å². The van der Waals surface area contributed by atoms with Gasteiger partial charge in [0.1, 0.15) is 0 Å². The minimum atomic E-state index is -1.35. The SMILES string of the molecule is CC1CCN(C(N)=O)C1(C(N)=O)c1cccc(Cl)c1Cl. The van der Waals surface area contributed by atoms with Gasteiger partial charge in [-0.2, -0.15) is 0 Å². The molecule has 0 spiro atoms. The molecule has 7 heteroatoms. The lowest BCUT2D eigenvalue weighted by Gasteiger charge is -2.38. The van der Waals surface area contributed by atoms with Crippen LogP contribution in [0.1, 0.15) is 18.9 Å². The Kier molecular flexibility index (Phi) is 3.84. The fraction of sp³-hybridized carbons (Fsp3) is 0.385. The molecule has 1 aromatic carbocycles. The van der Waals surface area contributed by atoms with Crippen molar-refractivity contribution in [3.8, 4) is 0 Å². The van der Waals surface area contributed by atoms with Gasteiger partial charge in [-0.15, -0.1) is 0 Å². The van der Waals surface area contributed by atoms with Crippen molar-refractivity contribution in [2.45, 2.75) is 18.9 Å². The molecule has 1 saturated heterocycles. The summed E-state index contributed by atoms with van der Waals surface area (Å²) in [4.78, 5) is 25.2. The molecular formula is C13H15Cl2N3O2. The lowest BCUT2D eigenvalue weighted by Crippen LogP contribution is -2.57. The number of nitrogens with two attached hydrogens (primary N) is 2. The molecule has 4 N–H and O–H groups in total. The summed E-state index contributed by atoms with van der Waals surface area (Å²) in [7, 11) is 0. The molecule has 0 bridgehead atoms. The van der Waals surface area contributed by atoms with Crippen LogP contribution < -0.4 is 11.5 Å². The molecule has 1 heterocycles. The van der Waals surface area contributed by atoms with Crippen molar-refractivity contribution in [2.24, 2.45) is 17.4 Å². The Morgan fingerprint density at radius 1 is 1.35 bits per heavy atom. The highest BCUT2D eigenvalue weighted by Crippen LogP contribution is 2.46. The van der Waals surface area contributed by atoms with E-state index in [-0.39, 0.29) is 10.9 Å². The van der Waals surface area contributed by atoms with Crippen molar-refractivity contribution in [3.05, 3.63) is 33.8 Å². The molecule has 3 amide bonds. The third kappa shape index (κ3) is 1.93. The van der Waals surface area contributed by atoms with Gasteiger partial charge in [0.05, 0.1) is 10.0 Å². The minimum Gasteiger partial charge on any atom is -0.367 e. The first-order chi connectivity index (χ1) is 9.33. The molecule has 2 rings (SSSR count). The molecule has 108 valence electrons. The van der Waals surface area contributed by atoms with Crippen LogP contribution in [0.3, 0.4) is 0 Å².